The van der Waals surface area contributed by atoms with Crippen molar-refractivity contribution >= 4 is 33.9 Å². The maximum atomic E-state index is 5.47. The minimum Gasteiger partial charge on any atom is -0.271 e. The predicted molar refractivity (Wildman–Crippen MR) is 66.5 cm³/mol. The number of halogens is 1. The summed E-state index contributed by atoms with van der Waals surface area (Å²) >= 11 is 4.05. The number of hydrogen-bond donors (Lipinski definition) is 2. The van der Waals surface area contributed by atoms with Crippen LogP contribution in [0, 0.1) is 2.88 Å². The molecule has 4 heteroatoms. The number of hydrazine groups is 1. The van der Waals surface area contributed by atoms with Gasteiger partial charge in [-0.3, -0.25) is 11.3 Å². The maximum absolute atomic E-state index is 5.47. The maximum Gasteiger partial charge on any atom is 0.0656 e. The summed E-state index contributed by atoms with van der Waals surface area (Å²) in [6.07, 6.45) is 0.892. The lowest BCUT2D eigenvalue weighted by molar-refractivity contribution is 0.552. The molecule has 3 N–H and O–H groups in total. The van der Waals surface area contributed by atoms with E-state index < -0.39 is 0 Å². The van der Waals surface area contributed by atoms with E-state index in [4.69, 9.17) is 5.84 Å². The van der Waals surface area contributed by atoms with E-state index in [-0.39, 0.29) is 6.04 Å². The molecule has 0 aliphatic heterocycles. The lowest BCUT2D eigenvalue weighted by atomic mass is 10.0. The highest BCUT2D eigenvalue weighted by atomic mass is 127. The minimum atomic E-state index is 0.206. The van der Waals surface area contributed by atoms with Gasteiger partial charge in [0.25, 0.3) is 0 Å². The minimum absolute atomic E-state index is 0.206. The Hall–Kier alpha value is 0.0900. The fourth-order valence-electron chi connectivity index (χ4n) is 1.13. The summed E-state index contributed by atoms with van der Waals surface area (Å²) in [5.74, 6) is 5.47. The third kappa shape index (κ3) is 3.38. The molecule has 1 unspecified atom stereocenters. The first kappa shape index (κ1) is 11.2. The van der Waals surface area contributed by atoms with Crippen LogP contribution in [0.1, 0.15) is 24.9 Å². The van der Waals surface area contributed by atoms with Gasteiger partial charge in [0.1, 0.15) is 0 Å². The van der Waals surface area contributed by atoms with Crippen LogP contribution in [0.5, 0.6) is 0 Å². The summed E-state index contributed by atoms with van der Waals surface area (Å²) in [5.41, 5.74) is 5.20. The lowest BCUT2D eigenvalue weighted by Crippen LogP contribution is -2.27. The standard InChI is InChI=1S/C9H13IN2S/c1-6(2)3-8(12-11)7-4-9(10)13-5-7/h4-5,8,12H,1,3,11H2,2H3. The molecule has 0 aromatic carbocycles. The molecule has 13 heavy (non-hydrogen) atoms. The van der Waals surface area contributed by atoms with E-state index in [1.54, 1.807) is 11.3 Å². The van der Waals surface area contributed by atoms with Crippen LogP contribution in [0.2, 0.25) is 0 Å². The lowest BCUT2D eigenvalue weighted by Gasteiger charge is -2.13. The van der Waals surface area contributed by atoms with E-state index in [0.717, 1.165) is 12.0 Å². The van der Waals surface area contributed by atoms with E-state index in [2.05, 4.69) is 46.0 Å². The van der Waals surface area contributed by atoms with Gasteiger partial charge in [-0.25, -0.2) is 0 Å². The van der Waals surface area contributed by atoms with Crippen LogP contribution in [-0.2, 0) is 0 Å². The first-order chi connectivity index (χ1) is 6.13. The SMILES string of the molecule is C=C(C)CC(NN)c1csc(I)c1. The Morgan fingerprint density at radius 2 is 2.54 bits per heavy atom. The molecule has 0 saturated heterocycles. The summed E-state index contributed by atoms with van der Waals surface area (Å²) in [6.45, 7) is 5.90. The van der Waals surface area contributed by atoms with Crippen molar-refractivity contribution in [2.75, 3.05) is 0 Å². The molecule has 0 aliphatic carbocycles. The molecule has 1 rings (SSSR count). The topological polar surface area (TPSA) is 38.0 Å². The molecule has 1 atom stereocenters. The Bertz CT molecular complexity index is 296. The second-order valence-corrected chi connectivity index (χ2v) is 5.87. The van der Waals surface area contributed by atoms with E-state index in [9.17, 15) is 0 Å². The van der Waals surface area contributed by atoms with Crippen molar-refractivity contribution in [1.82, 2.24) is 5.43 Å². The molecule has 0 aliphatic rings. The predicted octanol–water partition coefficient (Wildman–Crippen LogP) is 2.82. The Balaban J connectivity index is 2.72. The molecule has 1 aromatic heterocycles. The monoisotopic (exact) mass is 308 g/mol. The average molecular weight is 308 g/mol. The fraction of sp³-hybridized carbons (Fsp3) is 0.333. The van der Waals surface area contributed by atoms with E-state index in [0.29, 0.717) is 0 Å². The molecule has 1 heterocycles. The van der Waals surface area contributed by atoms with Gasteiger partial charge in [-0.05, 0) is 52.9 Å². The van der Waals surface area contributed by atoms with Gasteiger partial charge in [0, 0.05) is 0 Å². The zero-order chi connectivity index (χ0) is 9.84. The van der Waals surface area contributed by atoms with E-state index >= 15 is 0 Å². The number of nitrogens with one attached hydrogen (secondary N) is 1. The molecule has 0 saturated carbocycles. The molecule has 0 fully saturated rings. The molecule has 0 radical (unpaired) electrons. The van der Waals surface area contributed by atoms with Gasteiger partial charge in [0.05, 0.1) is 8.93 Å². The van der Waals surface area contributed by atoms with Crippen LogP contribution in [0.4, 0.5) is 0 Å². The van der Waals surface area contributed by atoms with Crippen molar-refractivity contribution in [2.45, 2.75) is 19.4 Å². The van der Waals surface area contributed by atoms with Crippen LogP contribution in [0.3, 0.4) is 0 Å². The highest BCUT2D eigenvalue weighted by Crippen LogP contribution is 2.25. The Labute approximate surface area is 96.3 Å². The third-order valence-electron chi connectivity index (χ3n) is 1.74. The average Bonchev–Trinajstić information content (AvgIpc) is 2.47. The summed E-state index contributed by atoms with van der Waals surface area (Å²) in [7, 11) is 0. The zero-order valence-electron chi connectivity index (χ0n) is 7.51. The van der Waals surface area contributed by atoms with Crippen molar-refractivity contribution in [3.8, 4) is 0 Å². The van der Waals surface area contributed by atoms with Gasteiger partial charge in [0.2, 0.25) is 0 Å². The first-order valence-electron chi connectivity index (χ1n) is 3.98. The molecule has 72 valence electrons. The normalized spacial score (nSPS) is 12.8. The van der Waals surface area contributed by atoms with Crippen LogP contribution in [0.25, 0.3) is 0 Å². The van der Waals surface area contributed by atoms with E-state index in [1.807, 2.05) is 6.92 Å². The molecular formula is C9H13IN2S. The van der Waals surface area contributed by atoms with Crippen molar-refractivity contribution in [1.29, 1.82) is 0 Å². The molecular weight excluding hydrogens is 295 g/mol. The van der Waals surface area contributed by atoms with Crippen LogP contribution in [0.15, 0.2) is 23.6 Å². The van der Waals surface area contributed by atoms with Gasteiger partial charge >= 0.3 is 0 Å². The number of rotatable bonds is 4. The summed E-state index contributed by atoms with van der Waals surface area (Å²) in [6, 6.07) is 2.36. The molecule has 0 amide bonds. The molecule has 0 spiro atoms. The summed E-state index contributed by atoms with van der Waals surface area (Å²) in [4.78, 5) is 0. The van der Waals surface area contributed by atoms with Crippen molar-refractivity contribution in [2.24, 2.45) is 5.84 Å². The molecule has 0 bridgehead atoms. The van der Waals surface area contributed by atoms with Gasteiger partial charge in [0.15, 0.2) is 0 Å². The third-order valence-corrected chi connectivity index (χ3v) is 3.55. The van der Waals surface area contributed by atoms with Crippen molar-refractivity contribution in [3.63, 3.8) is 0 Å². The van der Waals surface area contributed by atoms with Crippen LogP contribution < -0.4 is 11.3 Å². The van der Waals surface area contributed by atoms with Gasteiger partial charge in [-0.1, -0.05) is 5.57 Å². The van der Waals surface area contributed by atoms with Crippen LogP contribution in [-0.4, -0.2) is 0 Å². The smallest absolute Gasteiger partial charge is 0.0656 e. The second kappa shape index (κ2) is 5.09. The number of nitrogens with two attached hydrogens (primary N) is 1. The fourth-order valence-corrected chi connectivity index (χ4v) is 2.55. The van der Waals surface area contributed by atoms with Gasteiger partial charge < -0.3 is 0 Å². The second-order valence-electron chi connectivity index (χ2n) is 3.06. The Morgan fingerprint density at radius 3 is 2.92 bits per heavy atom. The first-order valence-corrected chi connectivity index (χ1v) is 5.93. The quantitative estimate of drug-likeness (QED) is 0.388. The largest absolute Gasteiger partial charge is 0.271 e. The van der Waals surface area contributed by atoms with Crippen molar-refractivity contribution in [3.05, 3.63) is 32.0 Å². The van der Waals surface area contributed by atoms with Crippen LogP contribution >= 0.6 is 33.9 Å². The van der Waals surface area contributed by atoms with E-state index in [1.165, 1.54) is 8.45 Å². The highest BCUT2D eigenvalue weighted by molar-refractivity contribution is 14.1. The van der Waals surface area contributed by atoms with Crippen molar-refractivity contribution < 1.29 is 0 Å². The van der Waals surface area contributed by atoms with Gasteiger partial charge in [-0.2, -0.15) is 0 Å². The molecule has 1 aromatic rings. The zero-order valence-corrected chi connectivity index (χ0v) is 10.5. The summed E-state index contributed by atoms with van der Waals surface area (Å²) < 4.78 is 1.29. The highest BCUT2D eigenvalue weighted by Gasteiger charge is 2.10. The number of thiophene rings is 1. The molecule has 2 nitrogen and oxygen atoms in total. The van der Waals surface area contributed by atoms with Gasteiger partial charge in [-0.15, -0.1) is 17.9 Å². The Kier molecular flexibility index (Phi) is 4.37. The Morgan fingerprint density at radius 1 is 1.85 bits per heavy atom. The summed E-state index contributed by atoms with van der Waals surface area (Å²) in [5, 5.41) is 2.13. The number of hydrogen-bond acceptors (Lipinski definition) is 3.